The summed E-state index contributed by atoms with van der Waals surface area (Å²) in [7, 11) is 0. The summed E-state index contributed by atoms with van der Waals surface area (Å²) in [6.07, 6.45) is 3.25. The topological polar surface area (TPSA) is 72.3 Å². The van der Waals surface area contributed by atoms with Crippen LogP contribution in [-0.2, 0) is 13.0 Å². The van der Waals surface area contributed by atoms with Crippen molar-refractivity contribution in [2.45, 2.75) is 37.9 Å². The van der Waals surface area contributed by atoms with Crippen LogP contribution in [0.3, 0.4) is 0 Å². The van der Waals surface area contributed by atoms with Gasteiger partial charge in [-0.05, 0) is 25.0 Å². The quantitative estimate of drug-likeness (QED) is 0.866. The summed E-state index contributed by atoms with van der Waals surface area (Å²) in [6.45, 7) is 3.32. The number of aromatic nitrogens is 1. The highest BCUT2D eigenvalue weighted by Gasteiger charge is 2.39. The SMILES string of the molecule is N#Cc1ccccc1C(=O)N1CCc2nc(N3C4CCC3CNC4)sc2C1. The maximum absolute atomic E-state index is 13.0. The van der Waals surface area contributed by atoms with Crippen molar-refractivity contribution in [3.8, 4) is 6.07 Å². The van der Waals surface area contributed by atoms with Gasteiger partial charge < -0.3 is 15.1 Å². The zero-order valence-corrected chi connectivity index (χ0v) is 15.8. The number of piperazine rings is 1. The van der Waals surface area contributed by atoms with Crippen molar-refractivity contribution >= 4 is 22.4 Å². The van der Waals surface area contributed by atoms with Crippen LogP contribution < -0.4 is 10.2 Å². The van der Waals surface area contributed by atoms with Crippen molar-refractivity contribution in [3.05, 3.63) is 46.0 Å². The predicted octanol–water partition coefficient (Wildman–Crippen LogP) is 2.15. The number of amides is 1. The Balaban J connectivity index is 1.38. The number of benzene rings is 1. The van der Waals surface area contributed by atoms with Gasteiger partial charge in [0.15, 0.2) is 5.13 Å². The standard InChI is InChI=1S/C20H21N5OS/c21-9-13-3-1-2-4-16(13)19(26)24-8-7-17-18(12-24)27-20(23-17)25-14-5-6-15(25)11-22-10-14/h1-4,14-15,22H,5-8,10-12H2. The second-order valence-electron chi connectivity index (χ2n) is 7.45. The average molecular weight is 379 g/mol. The van der Waals surface area contributed by atoms with Crippen molar-refractivity contribution in [3.63, 3.8) is 0 Å². The zero-order chi connectivity index (χ0) is 18.4. The molecule has 6 nitrogen and oxygen atoms in total. The van der Waals surface area contributed by atoms with E-state index in [-0.39, 0.29) is 5.91 Å². The highest BCUT2D eigenvalue weighted by atomic mass is 32.1. The van der Waals surface area contributed by atoms with Gasteiger partial charge in [0.1, 0.15) is 0 Å². The Labute approximate surface area is 162 Å². The minimum absolute atomic E-state index is 0.0602. The second-order valence-corrected chi connectivity index (χ2v) is 8.51. The zero-order valence-electron chi connectivity index (χ0n) is 15.0. The first-order valence-corrected chi connectivity index (χ1v) is 10.3. The summed E-state index contributed by atoms with van der Waals surface area (Å²) in [5.41, 5.74) is 2.08. The third-order valence-corrected chi connectivity index (χ3v) is 6.98. The van der Waals surface area contributed by atoms with E-state index in [2.05, 4.69) is 16.3 Å². The molecule has 1 aromatic heterocycles. The number of hydrogen-bond donors (Lipinski definition) is 1. The minimum atomic E-state index is -0.0602. The van der Waals surface area contributed by atoms with E-state index in [4.69, 9.17) is 4.98 Å². The molecule has 0 aliphatic carbocycles. The number of rotatable bonds is 2. The van der Waals surface area contributed by atoms with Crippen LogP contribution in [0.4, 0.5) is 5.13 Å². The number of hydrogen-bond acceptors (Lipinski definition) is 6. The van der Waals surface area contributed by atoms with Crippen molar-refractivity contribution in [2.24, 2.45) is 0 Å². The van der Waals surface area contributed by atoms with Crippen molar-refractivity contribution in [1.82, 2.24) is 15.2 Å². The normalized spacial score (nSPS) is 23.8. The third kappa shape index (κ3) is 2.80. The first-order valence-electron chi connectivity index (χ1n) is 9.50. The first kappa shape index (κ1) is 16.7. The molecule has 2 aromatic rings. The van der Waals surface area contributed by atoms with Crippen molar-refractivity contribution in [1.29, 1.82) is 5.26 Å². The minimum Gasteiger partial charge on any atom is -0.340 e. The molecular formula is C20H21N5OS. The van der Waals surface area contributed by atoms with E-state index in [1.165, 1.54) is 17.7 Å². The Hall–Kier alpha value is -2.43. The Morgan fingerprint density at radius 2 is 2.04 bits per heavy atom. The molecule has 7 heteroatoms. The fourth-order valence-electron chi connectivity index (χ4n) is 4.49. The second kappa shape index (κ2) is 6.63. The Morgan fingerprint density at radius 1 is 1.26 bits per heavy atom. The molecule has 3 aliphatic rings. The molecule has 2 atom stereocenters. The molecule has 0 radical (unpaired) electrons. The molecule has 27 heavy (non-hydrogen) atoms. The van der Waals surface area contributed by atoms with Crippen LogP contribution in [0.25, 0.3) is 0 Å². The van der Waals surface area contributed by atoms with Crippen LogP contribution in [0.15, 0.2) is 24.3 Å². The molecule has 2 unspecified atom stereocenters. The van der Waals surface area contributed by atoms with E-state index >= 15 is 0 Å². The Bertz CT molecular complexity index is 917. The van der Waals surface area contributed by atoms with Gasteiger partial charge in [-0.25, -0.2) is 4.98 Å². The number of thiazole rings is 1. The molecule has 1 amide bonds. The first-order chi connectivity index (χ1) is 13.2. The fraction of sp³-hybridized carbons (Fsp3) is 0.450. The molecule has 1 aromatic carbocycles. The Morgan fingerprint density at radius 3 is 2.81 bits per heavy atom. The summed E-state index contributed by atoms with van der Waals surface area (Å²) < 4.78 is 0. The van der Waals surface area contributed by atoms with Crippen molar-refractivity contribution < 1.29 is 4.79 Å². The van der Waals surface area contributed by atoms with E-state index in [9.17, 15) is 10.1 Å². The summed E-state index contributed by atoms with van der Waals surface area (Å²) in [5, 5.41) is 13.9. The maximum Gasteiger partial charge on any atom is 0.255 e. The molecule has 2 saturated heterocycles. The lowest BCUT2D eigenvalue weighted by molar-refractivity contribution is 0.0736. The van der Waals surface area contributed by atoms with Gasteiger partial charge in [-0.3, -0.25) is 4.79 Å². The van der Waals surface area contributed by atoms with E-state index < -0.39 is 0 Å². The molecule has 5 rings (SSSR count). The fourth-order valence-corrected chi connectivity index (χ4v) is 5.76. The summed E-state index contributed by atoms with van der Waals surface area (Å²) >= 11 is 1.74. The molecule has 1 N–H and O–H groups in total. The van der Waals surface area contributed by atoms with Gasteiger partial charge >= 0.3 is 0 Å². The van der Waals surface area contributed by atoms with Crippen LogP contribution in [-0.4, -0.2) is 47.5 Å². The summed E-state index contributed by atoms with van der Waals surface area (Å²) in [4.78, 5) is 23.5. The number of nitrogens with one attached hydrogen (secondary N) is 1. The van der Waals surface area contributed by atoms with E-state index in [1.54, 1.807) is 29.5 Å². The molecule has 0 saturated carbocycles. The lowest BCUT2D eigenvalue weighted by Gasteiger charge is -2.35. The highest BCUT2D eigenvalue weighted by Crippen LogP contribution is 2.38. The number of fused-ring (bicyclic) bond motifs is 3. The molecular weight excluding hydrogens is 358 g/mol. The van der Waals surface area contributed by atoms with Gasteiger partial charge in [-0.2, -0.15) is 5.26 Å². The number of nitriles is 1. The number of carbonyl (C=O) groups is 1. The third-order valence-electron chi connectivity index (χ3n) is 5.89. The van der Waals surface area contributed by atoms with Gasteiger partial charge in [0.2, 0.25) is 0 Å². The van der Waals surface area contributed by atoms with E-state index in [1.807, 2.05) is 11.0 Å². The molecule has 3 aliphatic heterocycles. The van der Waals surface area contributed by atoms with Gasteiger partial charge in [-0.1, -0.05) is 23.5 Å². The van der Waals surface area contributed by atoms with Crippen molar-refractivity contribution in [2.75, 3.05) is 24.5 Å². The lowest BCUT2D eigenvalue weighted by Crippen LogP contribution is -2.51. The van der Waals surface area contributed by atoms with E-state index in [0.29, 0.717) is 36.3 Å². The Kier molecular flexibility index (Phi) is 4.10. The molecule has 2 fully saturated rings. The van der Waals surface area contributed by atoms with Gasteiger partial charge in [0.25, 0.3) is 5.91 Å². The average Bonchev–Trinajstić information content (AvgIpc) is 3.23. The number of anilines is 1. The van der Waals surface area contributed by atoms with Crippen LogP contribution in [0.2, 0.25) is 0 Å². The molecule has 4 heterocycles. The van der Waals surface area contributed by atoms with Gasteiger partial charge in [0.05, 0.1) is 29.4 Å². The van der Waals surface area contributed by atoms with Crippen LogP contribution in [0.5, 0.6) is 0 Å². The van der Waals surface area contributed by atoms with E-state index in [0.717, 1.165) is 30.3 Å². The molecule has 138 valence electrons. The van der Waals surface area contributed by atoms with Gasteiger partial charge in [0, 0.05) is 43.0 Å². The monoisotopic (exact) mass is 379 g/mol. The van der Waals surface area contributed by atoms with Crippen LogP contribution in [0, 0.1) is 11.3 Å². The summed E-state index contributed by atoms with van der Waals surface area (Å²) in [6, 6.07) is 10.3. The van der Waals surface area contributed by atoms with Crippen LogP contribution >= 0.6 is 11.3 Å². The number of carbonyl (C=O) groups excluding carboxylic acids is 1. The highest BCUT2D eigenvalue weighted by molar-refractivity contribution is 7.15. The molecule has 0 spiro atoms. The summed E-state index contributed by atoms with van der Waals surface area (Å²) in [5.74, 6) is -0.0602. The number of nitrogens with zero attached hydrogens (tertiary/aromatic N) is 4. The van der Waals surface area contributed by atoms with Crippen LogP contribution in [0.1, 0.15) is 39.3 Å². The van der Waals surface area contributed by atoms with Gasteiger partial charge in [-0.15, -0.1) is 0 Å². The smallest absolute Gasteiger partial charge is 0.255 e. The predicted molar refractivity (Wildman–Crippen MR) is 104 cm³/mol. The maximum atomic E-state index is 13.0. The largest absolute Gasteiger partial charge is 0.340 e. The molecule has 2 bridgehead atoms. The lowest BCUT2D eigenvalue weighted by atomic mass is 10.1.